The highest BCUT2D eigenvalue weighted by molar-refractivity contribution is 7.98. The SMILES string of the molecule is O=C(S)C(=O)Cc1c[nH]c2ccccc12. The summed E-state index contributed by atoms with van der Waals surface area (Å²) in [5, 5.41) is 0.278. The lowest BCUT2D eigenvalue weighted by molar-refractivity contribution is -0.131. The van der Waals surface area contributed by atoms with E-state index in [1.165, 1.54) is 0 Å². The normalized spacial score (nSPS) is 10.5. The molecule has 0 amide bonds. The van der Waals surface area contributed by atoms with Gasteiger partial charge in [-0.2, -0.15) is 0 Å². The van der Waals surface area contributed by atoms with Crippen molar-refractivity contribution in [2.75, 3.05) is 0 Å². The third kappa shape index (κ3) is 1.94. The van der Waals surface area contributed by atoms with Gasteiger partial charge in [0.2, 0.25) is 5.78 Å². The van der Waals surface area contributed by atoms with Gasteiger partial charge in [-0.05, 0) is 11.6 Å². The Bertz CT molecular complexity index is 530. The Morgan fingerprint density at radius 3 is 2.73 bits per heavy atom. The molecule has 1 aromatic heterocycles. The van der Waals surface area contributed by atoms with E-state index in [0.717, 1.165) is 16.5 Å². The predicted molar refractivity (Wildman–Crippen MR) is 61.0 cm³/mol. The third-order valence-electron chi connectivity index (χ3n) is 2.26. The first kappa shape index (κ1) is 9.98. The molecule has 76 valence electrons. The van der Waals surface area contributed by atoms with Crippen LogP contribution in [-0.2, 0) is 16.0 Å². The van der Waals surface area contributed by atoms with Gasteiger partial charge >= 0.3 is 0 Å². The number of Topliss-reactive ketones (excluding diaryl/α,β-unsaturated/α-hetero) is 1. The summed E-state index contributed by atoms with van der Waals surface area (Å²) < 4.78 is 0. The van der Waals surface area contributed by atoms with Crippen LogP contribution in [0.1, 0.15) is 5.56 Å². The van der Waals surface area contributed by atoms with Gasteiger partial charge in [0.05, 0.1) is 0 Å². The summed E-state index contributed by atoms with van der Waals surface area (Å²) in [5.41, 5.74) is 1.80. The van der Waals surface area contributed by atoms with Crippen molar-refractivity contribution in [3.8, 4) is 0 Å². The molecule has 0 unspecified atom stereocenters. The highest BCUT2D eigenvalue weighted by atomic mass is 32.1. The summed E-state index contributed by atoms with van der Waals surface area (Å²) >= 11 is 3.50. The highest BCUT2D eigenvalue weighted by Crippen LogP contribution is 2.18. The maximum absolute atomic E-state index is 11.2. The van der Waals surface area contributed by atoms with Gasteiger partial charge in [-0.25, -0.2) is 0 Å². The van der Waals surface area contributed by atoms with Crippen LogP contribution in [0.2, 0.25) is 0 Å². The largest absolute Gasteiger partial charge is 0.361 e. The van der Waals surface area contributed by atoms with Crippen molar-refractivity contribution >= 4 is 34.4 Å². The number of fused-ring (bicyclic) bond motifs is 1. The molecule has 3 nitrogen and oxygen atoms in total. The molecule has 0 saturated heterocycles. The van der Waals surface area contributed by atoms with Gasteiger partial charge in [0.1, 0.15) is 0 Å². The first-order chi connectivity index (χ1) is 7.18. The van der Waals surface area contributed by atoms with Gasteiger partial charge in [-0.3, -0.25) is 9.59 Å². The van der Waals surface area contributed by atoms with E-state index in [2.05, 4.69) is 17.6 Å². The van der Waals surface area contributed by atoms with Gasteiger partial charge in [-0.15, -0.1) is 0 Å². The maximum Gasteiger partial charge on any atom is 0.252 e. The Labute approximate surface area is 91.9 Å². The molecule has 2 rings (SSSR count). The molecule has 0 saturated carbocycles. The van der Waals surface area contributed by atoms with E-state index in [1.54, 1.807) is 6.20 Å². The molecule has 0 aliphatic carbocycles. The zero-order valence-corrected chi connectivity index (χ0v) is 8.75. The summed E-state index contributed by atoms with van der Waals surface area (Å²) in [6.07, 6.45) is 1.85. The smallest absolute Gasteiger partial charge is 0.252 e. The van der Waals surface area contributed by atoms with Crippen molar-refractivity contribution in [3.63, 3.8) is 0 Å². The fraction of sp³-hybridized carbons (Fsp3) is 0.0909. The number of nitrogens with one attached hydrogen (secondary N) is 1. The highest BCUT2D eigenvalue weighted by Gasteiger charge is 2.12. The van der Waals surface area contributed by atoms with Gasteiger partial charge in [0.15, 0.2) is 0 Å². The number of aromatic amines is 1. The Kier molecular flexibility index (Phi) is 2.60. The molecule has 0 atom stereocenters. The number of carbonyl (C=O) groups excluding carboxylic acids is 2. The van der Waals surface area contributed by atoms with Crippen LogP contribution < -0.4 is 0 Å². The summed E-state index contributed by atoms with van der Waals surface area (Å²) in [6, 6.07) is 7.64. The molecule has 0 fully saturated rings. The number of H-pyrrole nitrogens is 1. The minimum absolute atomic E-state index is 0.104. The number of aromatic nitrogens is 1. The molecule has 1 aromatic carbocycles. The van der Waals surface area contributed by atoms with Crippen LogP contribution in [0.5, 0.6) is 0 Å². The fourth-order valence-corrected chi connectivity index (χ4v) is 1.61. The molecule has 1 N–H and O–H groups in total. The first-order valence-electron chi connectivity index (χ1n) is 4.49. The van der Waals surface area contributed by atoms with E-state index in [1.807, 2.05) is 24.3 Å². The van der Waals surface area contributed by atoms with Crippen LogP contribution >= 0.6 is 12.6 Å². The summed E-state index contributed by atoms with van der Waals surface area (Å²) in [4.78, 5) is 25.0. The standard InChI is InChI=1S/C11H9NO2S/c13-10(11(14)15)5-7-6-12-9-4-2-1-3-8(7)9/h1-4,6,12H,5H2,(H,14,15). The van der Waals surface area contributed by atoms with Crippen LogP contribution in [-0.4, -0.2) is 15.9 Å². The molecule has 0 spiro atoms. The Morgan fingerprint density at radius 2 is 2.00 bits per heavy atom. The Balaban J connectivity index is 2.37. The molecule has 0 radical (unpaired) electrons. The number of ketones is 1. The maximum atomic E-state index is 11.2. The average Bonchev–Trinajstić information content (AvgIpc) is 2.62. The Morgan fingerprint density at radius 1 is 1.27 bits per heavy atom. The van der Waals surface area contributed by atoms with Gasteiger partial charge < -0.3 is 4.98 Å². The molecular weight excluding hydrogens is 210 g/mol. The number of carbonyl (C=O) groups is 2. The number of thiol groups is 1. The Hall–Kier alpha value is -1.55. The van der Waals surface area contributed by atoms with Crippen LogP contribution in [0, 0.1) is 0 Å². The minimum Gasteiger partial charge on any atom is -0.361 e. The lowest BCUT2D eigenvalue weighted by Gasteiger charge is -1.95. The van der Waals surface area contributed by atoms with Crippen molar-refractivity contribution in [2.45, 2.75) is 6.42 Å². The molecule has 0 aliphatic rings. The average molecular weight is 219 g/mol. The van der Waals surface area contributed by atoms with E-state index in [0.29, 0.717) is 0 Å². The van der Waals surface area contributed by atoms with Crippen molar-refractivity contribution in [3.05, 3.63) is 36.0 Å². The molecular formula is C11H9NO2S. The van der Waals surface area contributed by atoms with Crippen LogP contribution in [0.25, 0.3) is 10.9 Å². The quantitative estimate of drug-likeness (QED) is 0.610. The summed E-state index contributed by atoms with van der Waals surface area (Å²) in [7, 11) is 0. The fourth-order valence-electron chi connectivity index (χ4n) is 1.53. The second-order valence-corrected chi connectivity index (χ2v) is 3.67. The number of para-hydroxylation sites is 1. The van der Waals surface area contributed by atoms with Gasteiger partial charge in [-0.1, -0.05) is 30.8 Å². The van der Waals surface area contributed by atoms with Crippen molar-refractivity contribution in [1.82, 2.24) is 4.98 Å². The first-order valence-corrected chi connectivity index (χ1v) is 4.94. The number of benzene rings is 1. The van der Waals surface area contributed by atoms with E-state index >= 15 is 0 Å². The van der Waals surface area contributed by atoms with Crippen LogP contribution in [0.3, 0.4) is 0 Å². The van der Waals surface area contributed by atoms with Crippen molar-refractivity contribution in [2.24, 2.45) is 0 Å². The van der Waals surface area contributed by atoms with Crippen LogP contribution in [0.4, 0.5) is 0 Å². The molecule has 15 heavy (non-hydrogen) atoms. The summed E-state index contributed by atoms with van der Waals surface area (Å²) in [6.45, 7) is 0. The zero-order chi connectivity index (χ0) is 10.8. The zero-order valence-electron chi connectivity index (χ0n) is 7.86. The topological polar surface area (TPSA) is 49.9 Å². The lowest BCUT2D eigenvalue weighted by Crippen LogP contribution is -2.09. The van der Waals surface area contributed by atoms with Crippen LogP contribution in [0.15, 0.2) is 30.5 Å². The monoisotopic (exact) mass is 219 g/mol. The van der Waals surface area contributed by atoms with Crippen molar-refractivity contribution < 1.29 is 9.59 Å². The molecule has 0 bridgehead atoms. The van der Waals surface area contributed by atoms with E-state index < -0.39 is 10.9 Å². The summed E-state index contributed by atoms with van der Waals surface area (Å²) in [5.74, 6) is -0.483. The number of hydrogen-bond acceptors (Lipinski definition) is 2. The minimum atomic E-state index is -0.694. The second kappa shape index (κ2) is 3.90. The van der Waals surface area contributed by atoms with E-state index in [4.69, 9.17) is 0 Å². The third-order valence-corrected chi connectivity index (χ3v) is 2.51. The van der Waals surface area contributed by atoms with Gasteiger partial charge in [0, 0.05) is 23.5 Å². The second-order valence-electron chi connectivity index (χ2n) is 3.26. The molecule has 4 heteroatoms. The lowest BCUT2D eigenvalue weighted by atomic mass is 10.1. The van der Waals surface area contributed by atoms with E-state index in [9.17, 15) is 9.59 Å². The number of rotatable bonds is 3. The number of hydrogen-bond donors (Lipinski definition) is 2. The van der Waals surface area contributed by atoms with E-state index in [-0.39, 0.29) is 6.42 Å². The molecule has 0 aliphatic heterocycles. The molecule has 1 heterocycles. The van der Waals surface area contributed by atoms with Crippen molar-refractivity contribution in [1.29, 1.82) is 0 Å². The molecule has 2 aromatic rings. The predicted octanol–water partition coefficient (Wildman–Crippen LogP) is 1.74. The van der Waals surface area contributed by atoms with Gasteiger partial charge in [0.25, 0.3) is 5.12 Å².